The third-order valence-corrected chi connectivity index (χ3v) is 4.51. The molecule has 0 bridgehead atoms. The second-order valence-electron chi connectivity index (χ2n) is 5.60. The fourth-order valence-corrected chi connectivity index (χ4v) is 2.41. The number of hydrogen-bond acceptors (Lipinski definition) is 1. The summed E-state index contributed by atoms with van der Waals surface area (Å²) in [7, 11) is 0. The van der Waals surface area contributed by atoms with Crippen molar-refractivity contribution in [3.63, 3.8) is 0 Å². The Balaban J connectivity index is 2.39. The fourth-order valence-electron chi connectivity index (χ4n) is 2.41. The Morgan fingerprint density at radius 1 is 1.21 bits per heavy atom. The molecule has 0 aromatic heterocycles. The molecule has 0 aromatic carbocycles. The van der Waals surface area contributed by atoms with Crippen molar-refractivity contribution in [3.05, 3.63) is 24.0 Å². The molecule has 0 saturated carbocycles. The highest BCUT2D eigenvalue weighted by atomic mass is 16.5. The van der Waals surface area contributed by atoms with Gasteiger partial charge in [0, 0.05) is 11.3 Å². The molecule has 0 spiro atoms. The molecule has 1 aliphatic carbocycles. The topological polar surface area (TPSA) is 9.23 Å². The highest BCUT2D eigenvalue weighted by Gasteiger charge is 2.51. The van der Waals surface area contributed by atoms with Crippen LogP contribution >= 0.6 is 0 Å². The number of fused-ring (bicyclic) bond motifs is 1. The summed E-state index contributed by atoms with van der Waals surface area (Å²) in [6, 6.07) is 0. The SMILES string of the molecule is CC1C2C=CC=C2OC(C)(C)C1(C)C. The third-order valence-electron chi connectivity index (χ3n) is 4.51. The molecule has 2 atom stereocenters. The van der Waals surface area contributed by atoms with Gasteiger partial charge in [0.1, 0.15) is 11.4 Å². The first-order chi connectivity index (χ1) is 6.36. The quantitative estimate of drug-likeness (QED) is 0.570. The minimum atomic E-state index is -0.0687. The van der Waals surface area contributed by atoms with Gasteiger partial charge in [0.05, 0.1) is 0 Å². The minimum absolute atomic E-state index is 0.0687. The van der Waals surface area contributed by atoms with E-state index < -0.39 is 0 Å². The van der Waals surface area contributed by atoms with Crippen molar-refractivity contribution in [2.24, 2.45) is 17.3 Å². The van der Waals surface area contributed by atoms with Crippen LogP contribution in [0.2, 0.25) is 0 Å². The van der Waals surface area contributed by atoms with Gasteiger partial charge in [-0.05, 0) is 25.8 Å². The summed E-state index contributed by atoms with van der Waals surface area (Å²) in [6.07, 6.45) is 6.49. The number of allylic oxidation sites excluding steroid dienone is 3. The molecule has 1 saturated heterocycles. The van der Waals surface area contributed by atoms with Crippen LogP contribution < -0.4 is 0 Å². The number of hydrogen-bond donors (Lipinski definition) is 0. The van der Waals surface area contributed by atoms with Crippen LogP contribution in [-0.2, 0) is 4.74 Å². The molecule has 0 aromatic rings. The first-order valence-electron chi connectivity index (χ1n) is 5.43. The molecular weight excluding hydrogens is 172 g/mol. The van der Waals surface area contributed by atoms with Crippen molar-refractivity contribution in [2.75, 3.05) is 0 Å². The fraction of sp³-hybridized carbons (Fsp3) is 0.692. The van der Waals surface area contributed by atoms with E-state index in [9.17, 15) is 0 Å². The molecule has 2 unspecified atom stereocenters. The summed E-state index contributed by atoms with van der Waals surface area (Å²) in [5, 5.41) is 0. The lowest BCUT2D eigenvalue weighted by atomic mass is 9.62. The Labute approximate surface area is 86.8 Å². The van der Waals surface area contributed by atoms with Crippen LogP contribution in [0.15, 0.2) is 24.0 Å². The van der Waals surface area contributed by atoms with E-state index in [1.54, 1.807) is 0 Å². The number of ether oxygens (including phenoxy) is 1. The molecule has 0 N–H and O–H groups in total. The second kappa shape index (κ2) is 2.65. The van der Waals surface area contributed by atoms with Gasteiger partial charge in [0.2, 0.25) is 0 Å². The van der Waals surface area contributed by atoms with Crippen molar-refractivity contribution in [2.45, 2.75) is 40.2 Å². The molecule has 1 heterocycles. The number of rotatable bonds is 0. The van der Waals surface area contributed by atoms with Crippen LogP contribution in [0.5, 0.6) is 0 Å². The Hall–Kier alpha value is -0.720. The molecule has 1 heteroatoms. The van der Waals surface area contributed by atoms with E-state index >= 15 is 0 Å². The van der Waals surface area contributed by atoms with Crippen LogP contribution in [0.1, 0.15) is 34.6 Å². The zero-order chi connectivity index (χ0) is 10.6. The van der Waals surface area contributed by atoms with Crippen LogP contribution in [-0.4, -0.2) is 5.60 Å². The Morgan fingerprint density at radius 2 is 1.86 bits per heavy atom. The third kappa shape index (κ3) is 1.08. The maximum atomic E-state index is 6.08. The Bertz CT molecular complexity index is 307. The molecule has 0 amide bonds. The largest absolute Gasteiger partial charge is 0.491 e. The average Bonchev–Trinajstić information content (AvgIpc) is 2.48. The molecule has 14 heavy (non-hydrogen) atoms. The maximum Gasteiger partial charge on any atom is 0.108 e. The van der Waals surface area contributed by atoms with E-state index in [1.165, 1.54) is 0 Å². The standard InChI is InChI=1S/C13H20O/c1-9-10-7-6-8-11(10)14-13(4,5)12(9,2)3/h6-10H,1-5H3. The van der Waals surface area contributed by atoms with E-state index in [2.05, 4.69) is 52.8 Å². The van der Waals surface area contributed by atoms with E-state index in [1.807, 2.05) is 0 Å². The van der Waals surface area contributed by atoms with E-state index in [-0.39, 0.29) is 11.0 Å². The highest BCUT2D eigenvalue weighted by molar-refractivity contribution is 5.28. The lowest BCUT2D eigenvalue weighted by Crippen LogP contribution is -2.52. The van der Waals surface area contributed by atoms with Gasteiger partial charge >= 0.3 is 0 Å². The molecule has 1 nitrogen and oxygen atoms in total. The van der Waals surface area contributed by atoms with Gasteiger partial charge in [0.15, 0.2) is 0 Å². The normalized spacial score (nSPS) is 37.4. The molecule has 1 fully saturated rings. The Kier molecular flexibility index (Phi) is 1.86. The van der Waals surface area contributed by atoms with Gasteiger partial charge in [-0.15, -0.1) is 0 Å². The first-order valence-corrected chi connectivity index (χ1v) is 5.43. The molecule has 2 rings (SSSR count). The Morgan fingerprint density at radius 3 is 2.50 bits per heavy atom. The predicted octanol–water partition coefficient (Wildman–Crippen LogP) is 3.53. The second-order valence-corrected chi connectivity index (χ2v) is 5.60. The summed E-state index contributed by atoms with van der Waals surface area (Å²) in [6.45, 7) is 11.3. The van der Waals surface area contributed by atoms with E-state index in [4.69, 9.17) is 4.74 Å². The van der Waals surface area contributed by atoms with E-state index in [0.29, 0.717) is 11.8 Å². The van der Waals surface area contributed by atoms with Crippen molar-refractivity contribution in [3.8, 4) is 0 Å². The van der Waals surface area contributed by atoms with Gasteiger partial charge in [-0.1, -0.05) is 32.9 Å². The zero-order valence-corrected chi connectivity index (χ0v) is 9.79. The summed E-state index contributed by atoms with van der Waals surface area (Å²) in [4.78, 5) is 0. The molecule has 2 aliphatic rings. The lowest BCUT2D eigenvalue weighted by Gasteiger charge is -2.52. The van der Waals surface area contributed by atoms with Gasteiger partial charge in [-0.25, -0.2) is 0 Å². The van der Waals surface area contributed by atoms with Crippen LogP contribution in [0.3, 0.4) is 0 Å². The van der Waals surface area contributed by atoms with E-state index in [0.717, 1.165) is 5.76 Å². The molecule has 78 valence electrons. The first kappa shape index (κ1) is 9.82. The predicted molar refractivity (Wildman–Crippen MR) is 58.8 cm³/mol. The summed E-state index contributed by atoms with van der Waals surface area (Å²) >= 11 is 0. The maximum absolute atomic E-state index is 6.08. The highest BCUT2D eigenvalue weighted by Crippen LogP contribution is 2.52. The van der Waals surface area contributed by atoms with Crippen molar-refractivity contribution >= 4 is 0 Å². The van der Waals surface area contributed by atoms with Gasteiger partial charge < -0.3 is 4.74 Å². The monoisotopic (exact) mass is 192 g/mol. The van der Waals surface area contributed by atoms with Crippen molar-refractivity contribution in [1.29, 1.82) is 0 Å². The van der Waals surface area contributed by atoms with Crippen LogP contribution in [0.25, 0.3) is 0 Å². The van der Waals surface area contributed by atoms with Gasteiger partial charge in [-0.3, -0.25) is 0 Å². The van der Waals surface area contributed by atoms with Gasteiger partial charge in [0.25, 0.3) is 0 Å². The van der Waals surface area contributed by atoms with Crippen molar-refractivity contribution < 1.29 is 4.74 Å². The molecule has 1 aliphatic heterocycles. The zero-order valence-electron chi connectivity index (χ0n) is 9.79. The summed E-state index contributed by atoms with van der Waals surface area (Å²) in [5.41, 5.74) is 0.143. The van der Waals surface area contributed by atoms with Crippen molar-refractivity contribution in [1.82, 2.24) is 0 Å². The summed E-state index contributed by atoms with van der Waals surface area (Å²) in [5.74, 6) is 2.29. The van der Waals surface area contributed by atoms with Crippen LogP contribution in [0.4, 0.5) is 0 Å². The average molecular weight is 192 g/mol. The summed E-state index contributed by atoms with van der Waals surface area (Å²) < 4.78 is 6.08. The minimum Gasteiger partial charge on any atom is -0.491 e. The molecular formula is C13H20O. The van der Waals surface area contributed by atoms with Gasteiger partial charge in [-0.2, -0.15) is 0 Å². The lowest BCUT2D eigenvalue weighted by molar-refractivity contribution is -0.137. The smallest absolute Gasteiger partial charge is 0.108 e. The van der Waals surface area contributed by atoms with Crippen LogP contribution in [0, 0.1) is 17.3 Å². The molecule has 0 radical (unpaired) electrons.